The van der Waals surface area contributed by atoms with E-state index in [2.05, 4.69) is 16.0 Å². The lowest BCUT2D eigenvalue weighted by atomic mass is 10.6. The van der Waals surface area contributed by atoms with Gasteiger partial charge in [-0.25, -0.2) is 0 Å². The molecular formula is C13H29N3O4. The van der Waals surface area contributed by atoms with Crippen molar-refractivity contribution in [3.63, 3.8) is 0 Å². The molecule has 0 radical (unpaired) electrons. The Morgan fingerprint density at radius 1 is 0.800 bits per heavy atom. The molecule has 0 aliphatic carbocycles. The van der Waals surface area contributed by atoms with E-state index in [1.807, 2.05) is 7.05 Å². The van der Waals surface area contributed by atoms with Crippen molar-refractivity contribution < 1.29 is 19.0 Å². The second-order valence-electron chi connectivity index (χ2n) is 4.17. The SMILES string of the molecule is CNCCOCCOCCNCCOCCNC(C)=O. The molecule has 3 N–H and O–H groups in total. The molecule has 1 amide bonds. The van der Waals surface area contributed by atoms with Gasteiger partial charge in [0.15, 0.2) is 0 Å². The highest BCUT2D eigenvalue weighted by atomic mass is 16.5. The molecule has 0 aromatic rings. The van der Waals surface area contributed by atoms with Crippen LogP contribution in [0.3, 0.4) is 0 Å². The van der Waals surface area contributed by atoms with Gasteiger partial charge in [0.2, 0.25) is 5.91 Å². The summed E-state index contributed by atoms with van der Waals surface area (Å²) >= 11 is 0. The Morgan fingerprint density at radius 3 is 1.85 bits per heavy atom. The summed E-state index contributed by atoms with van der Waals surface area (Å²) in [5, 5.41) is 8.89. The number of ether oxygens (including phenoxy) is 3. The van der Waals surface area contributed by atoms with Crippen LogP contribution in [0.25, 0.3) is 0 Å². The molecule has 0 saturated carbocycles. The quantitative estimate of drug-likeness (QED) is 0.335. The standard InChI is InChI=1S/C13H29N3O4/c1-13(17)16-6-10-18-8-4-15-5-9-20-12-11-19-7-3-14-2/h14-15H,3-12H2,1-2H3,(H,16,17). The van der Waals surface area contributed by atoms with Gasteiger partial charge < -0.3 is 30.2 Å². The number of rotatable bonds is 15. The largest absolute Gasteiger partial charge is 0.378 e. The van der Waals surface area contributed by atoms with Crippen LogP contribution >= 0.6 is 0 Å². The van der Waals surface area contributed by atoms with Gasteiger partial charge in [0.05, 0.1) is 39.6 Å². The Morgan fingerprint density at radius 2 is 1.30 bits per heavy atom. The van der Waals surface area contributed by atoms with Crippen molar-refractivity contribution >= 4 is 5.91 Å². The molecule has 7 nitrogen and oxygen atoms in total. The van der Waals surface area contributed by atoms with Gasteiger partial charge in [-0.3, -0.25) is 4.79 Å². The molecule has 0 aromatic heterocycles. The zero-order valence-corrected chi connectivity index (χ0v) is 12.7. The maximum atomic E-state index is 10.6. The summed E-state index contributed by atoms with van der Waals surface area (Å²) < 4.78 is 16.0. The van der Waals surface area contributed by atoms with Crippen molar-refractivity contribution in [1.29, 1.82) is 0 Å². The minimum Gasteiger partial charge on any atom is -0.378 e. The van der Waals surface area contributed by atoms with Gasteiger partial charge in [-0.2, -0.15) is 0 Å². The Labute approximate surface area is 121 Å². The van der Waals surface area contributed by atoms with E-state index in [0.29, 0.717) is 46.2 Å². The van der Waals surface area contributed by atoms with Gasteiger partial charge in [-0.05, 0) is 7.05 Å². The minimum atomic E-state index is -0.0289. The monoisotopic (exact) mass is 291 g/mol. The first-order chi connectivity index (χ1) is 9.77. The summed E-state index contributed by atoms with van der Waals surface area (Å²) in [7, 11) is 1.90. The number of nitrogens with one attached hydrogen (secondary N) is 3. The molecule has 20 heavy (non-hydrogen) atoms. The van der Waals surface area contributed by atoms with Crippen molar-refractivity contribution in [3.8, 4) is 0 Å². The van der Waals surface area contributed by atoms with E-state index in [9.17, 15) is 4.79 Å². The molecule has 120 valence electrons. The molecule has 0 fully saturated rings. The van der Waals surface area contributed by atoms with Crippen molar-refractivity contribution in [2.75, 3.05) is 72.9 Å². The van der Waals surface area contributed by atoms with Crippen LogP contribution in [-0.2, 0) is 19.0 Å². The molecule has 0 heterocycles. The molecule has 7 heteroatoms. The van der Waals surface area contributed by atoms with Crippen LogP contribution in [0.5, 0.6) is 0 Å². The lowest BCUT2D eigenvalue weighted by Crippen LogP contribution is -2.27. The van der Waals surface area contributed by atoms with Crippen LogP contribution < -0.4 is 16.0 Å². The minimum absolute atomic E-state index is 0.0289. The van der Waals surface area contributed by atoms with Gasteiger partial charge in [-0.1, -0.05) is 0 Å². The van der Waals surface area contributed by atoms with Crippen molar-refractivity contribution in [1.82, 2.24) is 16.0 Å². The summed E-state index contributed by atoms with van der Waals surface area (Å²) in [5.74, 6) is -0.0289. The topological polar surface area (TPSA) is 80.8 Å². The van der Waals surface area contributed by atoms with Crippen LogP contribution in [0.2, 0.25) is 0 Å². The van der Waals surface area contributed by atoms with Gasteiger partial charge >= 0.3 is 0 Å². The van der Waals surface area contributed by atoms with Gasteiger partial charge in [0.1, 0.15) is 0 Å². The molecule has 0 rings (SSSR count). The van der Waals surface area contributed by atoms with Gasteiger partial charge in [0.25, 0.3) is 0 Å². The third-order valence-electron chi connectivity index (χ3n) is 2.34. The van der Waals surface area contributed by atoms with Crippen LogP contribution in [0.1, 0.15) is 6.92 Å². The summed E-state index contributed by atoms with van der Waals surface area (Å²) in [6, 6.07) is 0. The predicted molar refractivity (Wildman–Crippen MR) is 77.9 cm³/mol. The van der Waals surface area contributed by atoms with E-state index in [4.69, 9.17) is 14.2 Å². The maximum absolute atomic E-state index is 10.6. The van der Waals surface area contributed by atoms with E-state index in [1.165, 1.54) is 6.92 Å². The van der Waals surface area contributed by atoms with Crippen LogP contribution in [0.15, 0.2) is 0 Å². The fourth-order valence-electron chi connectivity index (χ4n) is 1.31. The molecule has 0 aliphatic heterocycles. The smallest absolute Gasteiger partial charge is 0.216 e. The molecule has 0 unspecified atom stereocenters. The Kier molecular flexibility index (Phi) is 15.7. The third-order valence-corrected chi connectivity index (χ3v) is 2.34. The predicted octanol–water partition coefficient (Wildman–Crippen LogP) is -1.02. The highest BCUT2D eigenvalue weighted by Gasteiger charge is 1.93. The molecule has 0 aliphatic rings. The average molecular weight is 291 g/mol. The lowest BCUT2D eigenvalue weighted by Gasteiger charge is -2.08. The summed E-state index contributed by atoms with van der Waals surface area (Å²) in [4.78, 5) is 10.6. The molecular weight excluding hydrogens is 262 g/mol. The Hall–Kier alpha value is -0.730. The molecule has 0 bridgehead atoms. The zero-order chi connectivity index (χ0) is 14.9. The lowest BCUT2D eigenvalue weighted by molar-refractivity contribution is -0.119. The second kappa shape index (κ2) is 16.3. The fraction of sp³-hybridized carbons (Fsp3) is 0.923. The van der Waals surface area contributed by atoms with E-state index < -0.39 is 0 Å². The molecule has 0 atom stereocenters. The molecule has 0 spiro atoms. The van der Waals surface area contributed by atoms with E-state index in [1.54, 1.807) is 0 Å². The van der Waals surface area contributed by atoms with Crippen LogP contribution in [0, 0.1) is 0 Å². The summed E-state index contributed by atoms with van der Waals surface area (Å²) in [5.41, 5.74) is 0. The van der Waals surface area contributed by atoms with Crippen LogP contribution in [0.4, 0.5) is 0 Å². The molecule has 0 saturated heterocycles. The number of carbonyl (C=O) groups is 1. The van der Waals surface area contributed by atoms with E-state index in [0.717, 1.165) is 19.6 Å². The van der Waals surface area contributed by atoms with Crippen molar-refractivity contribution in [3.05, 3.63) is 0 Å². The second-order valence-corrected chi connectivity index (χ2v) is 4.17. The number of amides is 1. The number of likely N-dealkylation sites (N-methyl/N-ethyl adjacent to an activating group) is 1. The van der Waals surface area contributed by atoms with E-state index in [-0.39, 0.29) is 5.91 Å². The zero-order valence-electron chi connectivity index (χ0n) is 12.7. The highest BCUT2D eigenvalue weighted by Crippen LogP contribution is 1.78. The average Bonchev–Trinajstić information content (AvgIpc) is 2.43. The summed E-state index contributed by atoms with van der Waals surface area (Å²) in [6.45, 7) is 8.31. The molecule has 0 aromatic carbocycles. The van der Waals surface area contributed by atoms with Crippen LogP contribution in [-0.4, -0.2) is 78.8 Å². The summed E-state index contributed by atoms with van der Waals surface area (Å²) in [6.07, 6.45) is 0. The van der Waals surface area contributed by atoms with Crippen molar-refractivity contribution in [2.24, 2.45) is 0 Å². The Bertz CT molecular complexity index is 218. The highest BCUT2D eigenvalue weighted by molar-refractivity contribution is 5.72. The first-order valence-electron chi connectivity index (χ1n) is 7.10. The van der Waals surface area contributed by atoms with Crippen molar-refractivity contribution in [2.45, 2.75) is 6.92 Å². The number of hydrogen-bond donors (Lipinski definition) is 3. The fourth-order valence-corrected chi connectivity index (χ4v) is 1.31. The first kappa shape index (κ1) is 19.3. The van der Waals surface area contributed by atoms with Gasteiger partial charge in [-0.15, -0.1) is 0 Å². The normalized spacial score (nSPS) is 10.7. The maximum Gasteiger partial charge on any atom is 0.216 e. The third kappa shape index (κ3) is 17.3. The number of hydrogen-bond acceptors (Lipinski definition) is 6. The number of carbonyl (C=O) groups excluding carboxylic acids is 1. The first-order valence-corrected chi connectivity index (χ1v) is 7.10. The van der Waals surface area contributed by atoms with E-state index >= 15 is 0 Å². The Balaban J connectivity index is 2.94. The van der Waals surface area contributed by atoms with Gasteiger partial charge in [0, 0.05) is 33.1 Å².